The van der Waals surface area contributed by atoms with Gasteiger partial charge in [0.25, 0.3) is 10.5 Å². The molecule has 0 atom stereocenters. The Bertz CT molecular complexity index is 486. The number of carbonyl (C=O) groups excluding carboxylic acids is 2. The maximum absolute atomic E-state index is 11.3. The molecule has 0 saturated carbocycles. The molecule has 1 aromatic rings. The first-order chi connectivity index (χ1) is 10.1. The zero-order chi connectivity index (χ0) is 15.7. The lowest BCUT2D eigenvalue weighted by Gasteiger charge is -2.10. The van der Waals surface area contributed by atoms with E-state index in [1.54, 1.807) is 0 Å². The van der Waals surface area contributed by atoms with E-state index < -0.39 is 10.5 Å². The van der Waals surface area contributed by atoms with Crippen LogP contribution in [0, 0.1) is 0 Å². The summed E-state index contributed by atoms with van der Waals surface area (Å²) in [5.41, 5.74) is 0.542. The highest BCUT2D eigenvalue weighted by Gasteiger charge is 2.13. The lowest BCUT2D eigenvalue weighted by molar-refractivity contribution is 0.106. The van der Waals surface area contributed by atoms with Crippen LogP contribution in [-0.4, -0.2) is 17.1 Å². The Balaban J connectivity index is 2.53. The van der Waals surface area contributed by atoms with E-state index in [1.807, 2.05) is 0 Å². The van der Waals surface area contributed by atoms with Crippen molar-refractivity contribution in [1.82, 2.24) is 0 Å². The van der Waals surface area contributed by atoms with Gasteiger partial charge in [0.15, 0.2) is 0 Å². The van der Waals surface area contributed by atoms with Crippen LogP contribution in [-0.2, 0) is 0 Å². The Morgan fingerprint density at radius 3 is 2.29 bits per heavy atom. The van der Waals surface area contributed by atoms with Crippen LogP contribution in [0.25, 0.3) is 0 Å². The second kappa shape index (κ2) is 9.80. The summed E-state index contributed by atoms with van der Waals surface area (Å²) in [7, 11) is 0. The molecular formula is C16H20Cl2O3. The third-order valence-electron chi connectivity index (χ3n) is 3.18. The second-order valence-corrected chi connectivity index (χ2v) is 5.56. The normalized spacial score (nSPS) is 10.4. The average Bonchev–Trinajstić information content (AvgIpc) is 2.45. The van der Waals surface area contributed by atoms with Crippen LogP contribution in [0.4, 0.5) is 0 Å². The molecule has 0 spiro atoms. The topological polar surface area (TPSA) is 43.4 Å². The number of ether oxygens (including phenoxy) is 1. The SMILES string of the molecule is CCCCCCCCOc1cc(C(=O)Cl)ccc1C(=O)Cl. The molecular weight excluding hydrogens is 311 g/mol. The Hall–Kier alpha value is -1.06. The molecule has 3 nitrogen and oxygen atoms in total. The van der Waals surface area contributed by atoms with E-state index in [1.165, 1.54) is 43.9 Å². The predicted molar refractivity (Wildman–Crippen MR) is 85.7 cm³/mol. The summed E-state index contributed by atoms with van der Waals surface area (Å²) < 4.78 is 5.58. The van der Waals surface area contributed by atoms with Gasteiger partial charge >= 0.3 is 0 Å². The lowest BCUT2D eigenvalue weighted by Crippen LogP contribution is -2.03. The number of halogens is 2. The van der Waals surface area contributed by atoms with E-state index >= 15 is 0 Å². The smallest absolute Gasteiger partial charge is 0.256 e. The van der Waals surface area contributed by atoms with Crippen molar-refractivity contribution in [2.75, 3.05) is 6.61 Å². The van der Waals surface area contributed by atoms with Gasteiger partial charge in [-0.15, -0.1) is 0 Å². The molecule has 1 aromatic carbocycles. The Morgan fingerprint density at radius 2 is 1.67 bits per heavy atom. The molecule has 0 aromatic heterocycles. The Kier molecular flexibility index (Phi) is 8.40. The van der Waals surface area contributed by atoms with Crippen molar-refractivity contribution in [2.24, 2.45) is 0 Å². The largest absolute Gasteiger partial charge is 0.493 e. The molecule has 0 saturated heterocycles. The number of unbranched alkanes of at least 4 members (excludes halogenated alkanes) is 5. The first-order valence-corrected chi connectivity index (χ1v) is 7.98. The predicted octanol–water partition coefficient (Wildman–Crippen LogP) is 5.18. The summed E-state index contributed by atoms with van der Waals surface area (Å²) in [6, 6.07) is 4.38. The molecule has 0 heterocycles. The van der Waals surface area contributed by atoms with Crippen molar-refractivity contribution in [3.8, 4) is 5.75 Å². The highest BCUT2D eigenvalue weighted by Crippen LogP contribution is 2.23. The van der Waals surface area contributed by atoms with Gasteiger partial charge in [-0.1, -0.05) is 39.0 Å². The van der Waals surface area contributed by atoms with Crippen molar-refractivity contribution >= 4 is 33.7 Å². The minimum Gasteiger partial charge on any atom is -0.493 e. The standard InChI is InChI=1S/C16H20Cl2O3/c1-2-3-4-5-6-7-10-21-14-11-12(15(17)19)8-9-13(14)16(18)20/h8-9,11H,2-7,10H2,1H3. The van der Waals surface area contributed by atoms with E-state index in [0.717, 1.165) is 12.8 Å². The van der Waals surface area contributed by atoms with E-state index in [2.05, 4.69) is 6.92 Å². The summed E-state index contributed by atoms with van der Waals surface area (Å²) in [6.07, 6.45) is 6.87. The summed E-state index contributed by atoms with van der Waals surface area (Å²) >= 11 is 10.9. The van der Waals surface area contributed by atoms with Gasteiger partial charge in [-0.3, -0.25) is 9.59 Å². The van der Waals surface area contributed by atoms with Crippen LogP contribution >= 0.6 is 23.2 Å². The van der Waals surface area contributed by atoms with Gasteiger partial charge in [0.1, 0.15) is 5.75 Å². The van der Waals surface area contributed by atoms with Crippen molar-refractivity contribution in [3.63, 3.8) is 0 Å². The molecule has 5 heteroatoms. The molecule has 0 amide bonds. The van der Waals surface area contributed by atoms with Crippen LogP contribution < -0.4 is 4.74 Å². The molecule has 0 bridgehead atoms. The van der Waals surface area contributed by atoms with E-state index in [0.29, 0.717) is 12.4 Å². The van der Waals surface area contributed by atoms with Gasteiger partial charge in [-0.2, -0.15) is 0 Å². The molecule has 1 rings (SSSR count). The fourth-order valence-electron chi connectivity index (χ4n) is 1.99. The van der Waals surface area contributed by atoms with E-state index in [9.17, 15) is 9.59 Å². The second-order valence-electron chi connectivity index (χ2n) is 4.87. The Morgan fingerprint density at radius 1 is 1.00 bits per heavy atom. The number of carbonyl (C=O) groups is 2. The average molecular weight is 331 g/mol. The molecule has 0 aliphatic heterocycles. The molecule has 0 unspecified atom stereocenters. The van der Waals surface area contributed by atoms with Crippen LogP contribution in [0.1, 0.15) is 66.2 Å². The summed E-state index contributed by atoms with van der Waals surface area (Å²) in [5.74, 6) is 0.315. The molecule has 116 valence electrons. The fraction of sp³-hybridized carbons (Fsp3) is 0.500. The van der Waals surface area contributed by atoms with Crippen molar-refractivity contribution < 1.29 is 14.3 Å². The Labute approximate surface area is 135 Å². The molecule has 0 aliphatic carbocycles. The first-order valence-electron chi connectivity index (χ1n) is 7.22. The zero-order valence-corrected chi connectivity index (χ0v) is 13.7. The van der Waals surface area contributed by atoms with Gasteiger partial charge < -0.3 is 4.74 Å². The minimum absolute atomic E-state index is 0.254. The number of benzene rings is 1. The van der Waals surface area contributed by atoms with Crippen LogP contribution in [0.15, 0.2) is 18.2 Å². The highest BCUT2D eigenvalue weighted by molar-refractivity contribution is 6.68. The number of hydrogen-bond acceptors (Lipinski definition) is 3. The van der Waals surface area contributed by atoms with Crippen LogP contribution in [0.3, 0.4) is 0 Å². The molecule has 21 heavy (non-hydrogen) atoms. The highest BCUT2D eigenvalue weighted by atomic mass is 35.5. The maximum Gasteiger partial charge on any atom is 0.256 e. The molecule has 0 fully saturated rings. The molecule has 0 radical (unpaired) electrons. The number of rotatable bonds is 10. The quantitative estimate of drug-likeness (QED) is 0.438. The fourth-order valence-corrected chi connectivity index (χ4v) is 2.26. The van der Waals surface area contributed by atoms with Gasteiger partial charge in [-0.25, -0.2) is 0 Å². The summed E-state index contributed by atoms with van der Waals surface area (Å²) in [5, 5.41) is -1.20. The summed E-state index contributed by atoms with van der Waals surface area (Å²) in [4.78, 5) is 22.5. The third kappa shape index (κ3) is 6.49. The molecule has 0 aliphatic rings. The van der Waals surface area contributed by atoms with Crippen LogP contribution in [0.2, 0.25) is 0 Å². The lowest BCUT2D eigenvalue weighted by atomic mass is 10.1. The van der Waals surface area contributed by atoms with Crippen LogP contribution in [0.5, 0.6) is 5.75 Å². The van der Waals surface area contributed by atoms with E-state index in [4.69, 9.17) is 27.9 Å². The maximum atomic E-state index is 11.3. The van der Waals surface area contributed by atoms with Crippen molar-refractivity contribution in [3.05, 3.63) is 29.3 Å². The van der Waals surface area contributed by atoms with E-state index in [-0.39, 0.29) is 11.1 Å². The van der Waals surface area contributed by atoms with Gasteiger partial charge in [-0.05, 0) is 47.8 Å². The van der Waals surface area contributed by atoms with Gasteiger partial charge in [0.2, 0.25) is 0 Å². The minimum atomic E-state index is -0.610. The van der Waals surface area contributed by atoms with Gasteiger partial charge in [0, 0.05) is 5.56 Å². The monoisotopic (exact) mass is 330 g/mol. The van der Waals surface area contributed by atoms with Gasteiger partial charge in [0.05, 0.1) is 12.2 Å². The zero-order valence-electron chi connectivity index (χ0n) is 12.2. The third-order valence-corrected chi connectivity index (χ3v) is 3.60. The van der Waals surface area contributed by atoms with Crippen molar-refractivity contribution in [2.45, 2.75) is 45.4 Å². The number of hydrogen-bond donors (Lipinski definition) is 0. The first kappa shape index (κ1) is 18.0. The van der Waals surface area contributed by atoms with Crippen molar-refractivity contribution in [1.29, 1.82) is 0 Å². The summed E-state index contributed by atoms with van der Waals surface area (Å²) in [6.45, 7) is 2.67. The molecule has 0 N–H and O–H groups in total.